The van der Waals surface area contributed by atoms with Crippen molar-refractivity contribution in [1.82, 2.24) is 5.32 Å². The van der Waals surface area contributed by atoms with E-state index in [1.165, 1.54) is 38.8 Å². The van der Waals surface area contributed by atoms with Gasteiger partial charge in [0.2, 0.25) is 0 Å². The van der Waals surface area contributed by atoms with Crippen LogP contribution < -0.4 is 5.32 Å². The van der Waals surface area contributed by atoms with Crippen molar-refractivity contribution in [2.75, 3.05) is 13.1 Å². The molecule has 2 heteroatoms. The first-order valence-corrected chi connectivity index (χ1v) is 7.38. The summed E-state index contributed by atoms with van der Waals surface area (Å²) in [5, 5.41) is 3.60. The fraction of sp³-hybridized carbons (Fsp3) is 1.00. The molecule has 2 heterocycles. The summed E-state index contributed by atoms with van der Waals surface area (Å²) in [5.74, 6) is 1.66. The lowest BCUT2D eigenvalue weighted by Gasteiger charge is -2.51. The SMILES string of the molecule is CC(C)CC1CNCCC12CC(C)OC(C)C2. The van der Waals surface area contributed by atoms with Crippen LogP contribution in [0, 0.1) is 17.3 Å². The Balaban J connectivity index is 2.12. The van der Waals surface area contributed by atoms with E-state index in [4.69, 9.17) is 4.74 Å². The minimum absolute atomic E-state index is 0.450. The first kappa shape index (κ1) is 13.4. The van der Waals surface area contributed by atoms with Gasteiger partial charge in [-0.2, -0.15) is 0 Å². The molecule has 0 aromatic carbocycles. The van der Waals surface area contributed by atoms with Gasteiger partial charge in [0.15, 0.2) is 0 Å². The highest BCUT2D eigenvalue weighted by Gasteiger charge is 2.45. The fourth-order valence-corrected chi connectivity index (χ4v) is 4.20. The second kappa shape index (κ2) is 5.27. The van der Waals surface area contributed by atoms with E-state index in [0.29, 0.717) is 17.6 Å². The van der Waals surface area contributed by atoms with E-state index in [0.717, 1.165) is 11.8 Å². The molecular formula is C15H29NO. The van der Waals surface area contributed by atoms with Crippen LogP contribution >= 0.6 is 0 Å². The predicted molar refractivity (Wildman–Crippen MR) is 72.1 cm³/mol. The Kier molecular flexibility index (Phi) is 4.14. The molecule has 2 saturated heterocycles. The average molecular weight is 239 g/mol. The zero-order valence-electron chi connectivity index (χ0n) is 12.0. The fourth-order valence-electron chi connectivity index (χ4n) is 4.20. The average Bonchev–Trinajstić information content (AvgIpc) is 2.19. The normalized spacial score (nSPS) is 43.2. The van der Waals surface area contributed by atoms with Gasteiger partial charge in [-0.15, -0.1) is 0 Å². The lowest BCUT2D eigenvalue weighted by molar-refractivity contribution is -0.118. The minimum atomic E-state index is 0.450. The summed E-state index contributed by atoms with van der Waals surface area (Å²) in [5.41, 5.74) is 0.562. The standard InChI is InChI=1S/C15H29NO/c1-11(2)7-14-10-16-6-5-15(14)8-12(3)17-13(4)9-15/h11-14,16H,5-10H2,1-4H3. The Labute approximate surface area is 107 Å². The van der Waals surface area contributed by atoms with E-state index in [-0.39, 0.29) is 0 Å². The molecule has 2 fully saturated rings. The van der Waals surface area contributed by atoms with Crippen molar-refractivity contribution in [1.29, 1.82) is 0 Å². The molecule has 2 nitrogen and oxygen atoms in total. The van der Waals surface area contributed by atoms with Crippen LogP contribution in [-0.4, -0.2) is 25.3 Å². The number of ether oxygens (including phenoxy) is 1. The van der Waals surface area contributed by atoms with E-state index in [2.05, 4.69) is 33.0 Å². The Morgan fingerprint density at radius 3 is 2.47 bits per heavy atom. The summed E-state index contributed by atoms with van der Waals surface area (Å²) in [6, 6.07) is 0. The minimum Gasteiger partial charge on any atom is -0.376 e. The molecule has 0 amide bonds. The first-order chi connectivity index (χ1) is 8.02. The van der Waals surface area contributed by atoms with Crippen molar-refractivity contribution >= 4 is 0 Å². The first-order valence-electron chi connectivity index (χ1n) is 7.38. The molecule has 0 aromatic heterocycles. The monoisotopic (exact) mass is 239 g/mol. The van der Waals surface area contributed by atoms with Gasteiger partial charge < -0.3 is 10.1 Å². The van der Waals surface area contributed by atoms with Gasteiger partial charge in [-0.3, -0.25) is 0 Å². The Hall–Kier alpha value is -0.0800. The third-order valence-corrected chi connectivity index (χ3v) is 4.66. The van der Waals surface area contributed by atoms with Gasteiger partial charge in [0.25, 0.3) is 0 Å². The zero-order valence-corrected chi connectivity index (χ0v) is 12.0. The maximum absolute atomic E-state index is 5.95. The van der Waals surface area contributed by atoms with E-state index < -0.39 is 0 Å². The summed E-state index contributed by atoms with van der Waals surface area (Å²) in [6.07, 6.45) is 6.17. The van der Waals surface area contributed by atoms with Crippen LogP contribution in [0.15, 0.2) is 0 Å². The highest BCUT2D eigenvalue weighted by atomic mass is 16.5. The quantitative estimate of drug-likeness (QED) is 0.799. The summed E-state index contributed by atoms with van der Waals surface area (Å²) in [4.78, 5) is 0. The van der Waals surface area contributed by atoms with Crippen LogP contribution in [-0.2, 0) is 4.74 Å². The molecule has 0 bridgehead atoms. The van der Waals surface area contributed by atoms with Gasteiger partial charge >= 0.3 is 0 Å². The molecule has 100 valence electrons. The van der Waals surface area contributed by atoms with E-state index >= 15 is 0 Å². The number of piperidine rings is 1. The van der Waals surface area contributed by atoms with Crippen molar-refractivity contribution < 1.29 is 4.74 Å². The zero-order chi connectivity index (χ0) is 12.5. The second-order valence-corrected chi connectivity index (χ2v) is 6.81. The molecule has 2 aliphatic heterocycles. The highest BCUT2D eigenvalue weighted by Crippen LogP contribution is 2.48. The molecule has 17 heavy (non-hydrogen) atoms. The van der Waals surface area contributed by atoms with Gasteiger partial charge in [0.1, 0.15) is 0 Å². The summed E-state index contributed by atoms with van der Waals surface area (Å²) >= 11 is 0. The van der Waals surface area contributed by atoms with E-state index in [9.17, 15) is 0 Å². The molecular weight excluding hydrogens is 210 g/mol. The van der Waals surface area contributed by atoms with Gasteiger partial charge in [-0.1, -0.05) is 13.8 Å². The molecule has 0 aliphatic carbocycles. The topological polar surface area (TPSA) is 21.3 Å². The molecule has 2 aliphatic rings. The summed E-state index contributed by atoms with van der Waals surface area (Å²) in [7, 11) is 0. The number of nitrogens with one attached hydrogen (secondary N) is 1. The third-order valence-electron chi connectivity index (χ3n) is 4.66. The van der Waals surface area contributed by atoms with E-state index in [1.807, 2.05) is 0 Å². The molecule has 0 saturated carbocycles. The van der Waals surface area contributed by atoms with Gasteiger partial charge in [-0.05, 0) is 69.9 Å². The Morgan fingerprint density at radius 2 is 1.88 bits per heavy atom. The van der Waals surface area contributed by atoms with Crippen LogP contribution in [0.4, 0.5) is 0 Å². The maximum atomic E-state index is 5.95. The molecule has 1 N–H and O–H groups in total. The van der Waals surface area contributed by atoms with E-state index in [1.54, 1.807) is 0 Å². The van der Waals surface area contributed by atoms with Crippen LogP contribution in [0.1, 0.15) is 53.4 Å². The van der Waals surface area contributed by atoms with Crippen molar-refractivity contribution in [2.45, 2.75) is 65.6 Å². The maximum Gasteiger partial charge on any atom is 0.0556 e. The Bertz CT molecular complexity index is 241. The largest absolute Gasteiger partial charge is 0.376 e. The predicted octanol–water partition coefficient (Wildman–Crippen LogP) is 3.22. The summed E-state index contributed by atoms with van der Waals surface area (Å²) < 4.78 is 5.95. The third kappa shape index (κ3) is 3.03. The number of rotatable bonds is 2. The van der Waals surface area contributed by atoms with Crippen molar-refractivity contribution in [3.8, 4) is 0 Å². The van der Waals surface area contributed by atoms with Gasteiger partial charge in [0, 0.05) is 0 Å². The van der Waals surface area contributed by atoms with Crippen molar-refractivity contribution in [2.24, 2.45) is 17.3 Å². The second-order valence-electron chi connectivity index (χ2n) is 6.81. The van der Waals surface area contributed by atoms with Crippen molar-refractivity contribution in [3.63, 3.8) is 0 Å². The lowest BCUT2D eigenvalue weighted by atomic mass is 9.61. The molecule has 3 atom stereocenters. The van der Waals surface area contributed by atoms with Crippen LogP contribution in [0.25, 0.3) is 0 Å². The summed E-state index contributed by atoms with van der Waals surface area (Å²) in [6.45, 7) is 11.6. The lowest BCUT2D eigenvalue weighted by Crippen LogP contribution is -2.51. The highest BCUT2D eigenvalue weighted by molar-refractivity contribution is 4.96. The molecule has 0 aromatic rings. The van der Waals surface area contributed by atoms with Gasteiger partial charge in [0.05, 0.1) is 12.2 Å². The van der Waals surface area contributed by atoms with Crippen LogP contribution in [0.3, 0.4) is 0 Å². The van der Waals surface area contributed by atoms with Crippen molar-refractivity contribution in [3.05, 3.63) is 0 Å². The van der Waals surface area contributed by atoms with Crippen LogP contribution in [0.2, 0.25) is 0 Å². The number of hydrogen-bond donors (Lipinski definition) is 1. The Morgan fingerprint density at radius 1 is 1.24 bits per heavy atom. The smallest absolute Gasteiger partial charge is 0.0556 e. The molecule has 3 unspecified atom stereocenters. The molecule has 0 radical (unpaired) electrons. The van der Waals surface area contributed by atoms with Gasteiger partial charge in [-0.25, -0.2) is 0 Å². The molecule has 1 spiro atoms. The molecule has 2 rings (SSSR count). The number of hydrogen-bond acceptors (Lipinski definition) is 2. The van der Waals surface area contributed by atoms with Crippen LogP contribution in [0.5, 0.6) is 0 Å².